The van der Waals surface area contributed by atoms with Crippen LogP contribution in [0.4, 0.5) is 17.1 Å². The summed E-state index contributed by atoms with van der Waals surface area (Å²) in [6, 6.07) is 14.0. The Morgan fingerprint density at radius 3 is 1.71 bits per heavy atom. The molecule has 11 N–H and O–H groups in total. The van der Waals surface area contributed by atoms with Gasteiger partial charge in [0.2, 0.25) is 0 Å². The highest BCUT2D eigenvalue weighted by Crippen LogP contribution is 2.28. The molecule has 17 heteroatoms. The van der Waals surface area contributed by atoms with E-state index >= 15 is 0 Å². The van der Waals surface area contributed by atoms with Gasteiger partial charge in [0.05, 0.1) is 45.6 Å². The number of carbonyl (C=O) groups is 5. The van der Waals surface area contributed by atoms with Crippen molar-refractivity contribution in [3.05, 3.63) is 71.3 Å². The fourth-order valence-electron chi connectivity index (χ4n) is 5.72. The molecule has 0 bridgehead atoms. The normalized spacial score (nSPS) is 15.0. The van der Waals surface area contributed by atoms with Gasteiger partial charge in [-0.1, -0.05) is 39.0 Å². The van der Waals surface area contributed by atoms with Crippen LogP contribution in [0, 0.1) is 11.8 Å². The van der Waals surface area contributed by atoms with Gasteiger partial charge >= 0.3 is 11.9 Å². The molecule has 2 aliphatic rings. The number of phenols is 3. The highest BCUT2D eigenvalue weighted by atomic mass is 16.4. The number of hydrogen-bond donors (Lipinski definition) is 8. The third kappa shape index (κ3) is 16.4. The van der Waals surface area contributed by atoms with Crippen molar-refractivity contribution in [2.45, 2.75) is 46.5 Å². The van der Waals surface area contributed by atoms with Gasteiger partial charge in [0.25, 0.3) is 11.8 Å². The number of aldehydes is 1. The molecule has 326 valence electrons. The van der Waals surface area contributed by atoms with Crippen LogP contribution in [0.15, 0.2) is 54.6 Å². The number of likely N-dealkylation sites (N-methyl/N-ethyl adjacent to an activating group) is 2. The highest BCUT2D eigenvalue weighted by Gasteiger charge is 2.30. The molecule has 3 aromatic carbocycles. The number of likely N-dealkylation sites (tertiary alicyclic amines) is 2. The largest absolute Gasteiger partial charge is 0.505 e. The predicted octanol–water partition coefficient (Wildman–Crippen LogP) is 4.14. The molecule has 3 aromatic rings. The first-order chi connectivity index (χ1) is 27.9. The van der Waals surface area contributed by atoms with E-state index in [2.05, 4.69) is 16.7 Å². The Labute approximate surface area is 346 Å². The Kier molecular flexibility index (Phi) is 22.5. The Bertz CT molecular complexity index is 1820. The Morgan fingerprint density at radius 2 is 1.22 bits per heavy atom. The minimum absolute atomic E-state index is 0.0869. The minimum atomic E-state index is -0.894. The van der Waals surface area contributed by atoms with Crippen LogP contribution in [-0.4, -0.2) is 142 Å². The number of para-hydroxylation sites is 3. The second-order valence-corrected chi connectivity index (χ2v) is 13.9. The minimum Gasteiger partial charge on any atom is -0.505 e. The number of aromatic hydroxyl groups is 3. The summed E-state index contributed by atoms with van der Waals surface area (Å²) in [5.74, 6) is -3.28. The number of nitrogen functional groups attached to an aromatic ring is 3. The van der Waals surface area contributed by atoms with Crippen molar-refractivity contribution in [1.82, 2.24) is 19.6 Å². The first kappa shape index (κ1) is 50.9. The molecule has 0 aromatic heterocycles. The summed E-state index contributed by atoms with van der Waals surface area (Å²) >= 11 is 0. The van der Waals surface area contributed by atoms with Gasteiger partial charge in [-0.15, -0.1) is 0 Å². The zero-order chi connectivity index (χ0) is 44.8. The lowest BCUT2D eigenvalue weighted by atomic mass is 9.97. The maximum atomic E-state index is 12.3. The van der Waals surface area contributed by atoms with E-state index in [1.165, 1.54) is 29.2 Å². The predicted molar refractivity (Wildman–Crippen MR) is 229 cm³/mol. The molecule has 2 aliphatic heterocycles. The average Bonchev–Trinajstić information content (AvgIpc) is 3.24. The lowest BCUT2D eigenvalue weighted by Gasteiger charge is -2.31. The van der Waals surface area contributed by atoms with Gasteiger partial charge in [0.1, 0.15) is 5.75 Å². The van der Waals surface area contributed by atoms with Gasteiger partial charge in [-0.2, -0.15) is 0 Å². The number of aliphatic carboxylic acids is 2. The van der Waals surface area contributed by atoms with Crippen molar-refractivity contribution < 1.29 is 49.5 Å². The molecule has 17 nitrogen and oxygen atoms in total. The molecule has 0 radical (unpaired) electrons. The number of carbonyl (C=O) groups excluding carboxylic acids is 3. The summed E-state index contributed by atoms with van der Waals surface area (Å²) in [6.45, 7) is 10.9. The summed E-state index contributed by atoms with van der Waals surface area (Å²) < 4.78 is 0. The first-order valence-electron chi connectivity index (χ1n) is 19.5. The number of rotatable bonds is 9. The molecule has 59 heavy (non-hydrogen) atoms. The highest BCUT2D eigenvalue weighted by molar-refractivity contribution is 5.99. The number of piperidine rings is 2. The number of anilines is 3. The van der Waals surface area contributed by atoms with Crippen LogP contribution >= 0.6 is 0 Å². The second kappa shape index (κ2) is 26.0. The maximum Gasteiger partial charge on any atom is 0.308 e. The van der Waals surface area contributed by atoms with Crippen LogP contribution in [0.25, 0.3) is 0 Å². The Morgan fingerprint density at radius 1 is 0.729 bits per heavy atom. The summed E-state index contributed by atoms with van der Waals surface area (Å²) in [7, 11) is 5.74. The SMILES string of the molecule is CC.CCN(C)CCN(C)C(=O)c1cccc(N)c1O.CN1CCC(C(=O)O)CC1.Nc1cccc(C(=O)N2CCCC(C(=O)O)C2)c1O.Nc1cccc(C=O)c1O. The van der Waals surface area contributed by atoms with Gasteiger partial charge in [-0.3, -0.25) is 24.0 Å². The van der Waals surface area contributed by atoms with Crippen LogP contribution in [0.1, 0.15) is 77.5 Å². The molecule has 0 aliphatic carbocycles. The van der Waals surface area contributed by atoms with Crippen molar-refractivity contribution in [3.63, 3.8) is 0 Å². The summed E-state index contributed by atoms with van der Waals surface area (Å²) in [5, 5.41) is 46.2. The summed E-state index contributed by atoms with van der Waals surface area (Å²) in [5.41, 5.74) is 17.6. The van der Waals surface area contributed by atoms with Gasteiger partial charge in [0.15, 0.2) is 17.8 Å². The number of benzene rings is 3. The number of nitrogens with two attached hydrogens (primary N) is 3. The number of amides is 2. The van der Waals surface area contributed by atoms with Crippen molar-refractivity contribution in [2.24, 2.45) is 11.8 Å². The van der Waals surface area contributed by atoms with E-state index in [-0.39, 0.29) is 75.3 Å². The quantitative estimate of drug-likeness (QED) is 0.0856. The van der Waals surface area contributed by atoms with E-state index in [0.29, 0.717) is 32.2 Å². The smallest absolute Gasteiger partial charge is 0.308 e. The molecular formula is C42H63N7O10. The molecule has 1 atom stereocenters. The first-order valence-corrected chi connectivity index (χ1v) is 19.5. The van der Waals surface area contributed by atoms with E-state index in [1.807, 2.05) is 27.9 Å². The Hall–Kier alpha value is -6.07. The van der Waals surface area contributed by atoms with Crippen molar-refractivity contribution >= 4 is 47.1 Å². The standard InChI is InChI=1S/C13H21N3O2.C13H16N2O4.C7H13NO2.C7H7NO2.C2H6/c1-4-15(2)8-9-16(3)13(18)10-6-5-7-11(14)12(10)17;14-10-5-1-4-9(11(10)16)12(17)15-6-2-3-8(7-15)13(18)19;1-8-4-2-6(3-5-8)7(9)10;8-6-3-1-2-5(4-9)7(6)10;1-2/h5-7,17H,4,8-9,14H2,1-3H3;1,4-5,8,16H,2-3,6-7,14H2,(H,18,19);6H,2-5H2,1H3,(H,9,10);1-4,10H,8H2;1-2H3. The topological polar surface area (TPSA) is 278 Å². The lowest BCUT2D eigenvalue weighted by Crippen LogP contribution is -2.42. The van der Waals surface area contributed by atoms with E-state index in [0.717, 1.165) is 39.0 Å². The van der Waals surface area contributed by atoms with E-state index in [4.69, 9.17) is 32.5 Å². The summed E-state index contributed by atoms with van der Waals surface area (Å²) in [4.78, 5) is 63.3. The molecule has 0 saturated carbocycles. The molecule has 2 amide bonds. The number of nitrogens with zero attached hydrogens (tertiary/aromatic N) is 4. The van der Waals surface area contributed by atoms with E-state index in [1.54, 1.807) is 42.3 Å². The third-order valence-electron chi connectivity index (χ3n) is 9.65. The Balaban J connectivity index is 0.000000403. The van der Waals surface area contributed by atoms with E-state index < -0.39 is 17.9 Å². The van der Waals surface area contributed by atoms with E-state index in [9.17, 15) is 34.2 Å². The number of carboxylic acids is 2. The van der Waals surface area contributed by atoms with Crippen LogP contribution in [0.5, 0.6) is 17.2 Å². The van der Waals surface area contributed by atoms with Gasteiger partial charge in [-0.25, -0.2) is 0 Å². The average molecular weight is 826 g/mol. The lowest BCUT2D eigenvalue weighted by molar-refractivity contribution is -0.144. The van der Waals surface area contributed by atoms with Crippen LogP contribution in [-0.2, 0) is 9.59 Å². The molecule has 5 rings (SSSR count). The molecule has 2 saturated heterocycles. The number of phenolic OH excluding ortho intramolecular Hbond substituents is 3. The monoisotopic (exact) mass is 825 g/mol. The van der Waals surface area contributed by atoms with Crippen LogP contribution < -0.4 is 17.2 Å². The molecule has 1 unspecified atom stereocenters. The van der Waals surface area contributed by atoms with Crippen molar-refractivity contribution in [1.29, 1.82) is 0 Å². The zero-order valence-electron chi connectivity index (χ0n) is 35.0. The van der Waals surface area contributed by atoms with Crippen LogP contribution in [0.2, 0.25) is 0 Å². The fourth-order valence-corrected chi connectivity index (χ4v) is 5.72. The molecule has 0 spiro atoms. The van der Waals surface area contributed by atoms with Crippen LogP contribution in [0.3, 0.4) is 0 Å². The zero-order valence-corrected chi connectivity index (χ0v) is 35.0. The summed E-state index contributed by atoms with van der Waals surface area (Å²) in [6.07, 6.45) is 3.40. The second-order valence-electron chi connectivity index (χ2n) is 13.9. The van der Waals surface area contributed by atoms with Crippen molar-refractivity contribution in [3.8, 4) is 17.2 Å². The van der Waals surface area contributed by atoms with Gasteiger partial charge in [0, 0.05) is 33.2 Å². The van der Waals surface area contributed by atoms with Crippen molar-refractivity contribution in [2.75, 3.05) is 84.2 Å². The maximum absolute atomic E-state index is 12.3. The molecule has 2 fully saturated rings. The number of hydrogen-bond acceptors (Lipinski definition) is 13. The third-order valence-corrected chi connectivity index (χ3v) is 9.65. The number of carboxylic acid groups (broad SMARTS) is 2. The fraction of sp³-hybridized carbons (Fsp3) is 0.452. The molecule has 2 heterocycles. The van der Waals surface area contributed by atoms with Gasteiger partial charge in [-0.05, 0) is 95.8 Å². The molecular weight excluding hydrogens is 763 g/mol. The van der Waals surface area contributed by atoms with Gasteiger partial charge < -0.3 is 62.3 Å².